The number of para-hydroxylation sites is 2. The third-order valence-electron chi connectivity index (χ3n) is 8.23. The van der Waals surface area contributed by atoms with Crippen LogP contribution in [0.1, 0.15) is 49.1 Å². The Labute approximate surface area is 260 Å². The van der Waals surface area contributed by atoms with Crippen LogP contribution >= 0.6 is 0 Å². The van der Waals surface area contributed by atoms with Crippen LogP contribution in [0.25, 0.3) is 27.9 Å². The molecule has 1 aromatic heterocycles. The molecule has 0 spiro atoms. The summed E-state index contributed by atoms with van der Waals surface area (Å²) in [7, 11) is 0. The Hall–Kier alpha value is -5.15. The minimum absolute atomic E-state index is 0.138. The number of aliphatic hydroxyl groups is 1. The van der Waals surface area contributed by atoms with Gasteiger partial charge in [-0.25, -0.2) is 4.98 Å². The highest BCUT2D eigenvalue weighted by Gasteiger charge is 2.32. The van der Waals surface area contributed by atoms with E-state index in [1.54, 1.807) is 4.90 Å². The molecule has 9 nitrogen and oxygen atoms in total. The van der Waals surface area contributed by atoms with E-state index >= 15 is 0 Å². The fraction of sp³-hybridized carbons (Fsp3) is 0.250. The number of aromatic nitrogens is 1. The molecule has 0 radical (unpaired) electrons. The molecule has 1 aliphatic rings. The van der Waals surface area contributed by atoms with Crippen LogP contribution < -0.4 is 9.47 Å². The van der Waals surface area contributed by atoms with Gasteiger partial charge in [0.05, 0.1) is 0 Å². The second-order valence-electron chi connectivity index (χ2n) is 11.2. The number of aliphatic carboxylic acids is 1. The maximum absolute atomic E-state index is 13.9. The molecule has 0 bridgehead atoms. The summed E-state index contributed by atoms with van der Waals surface area (Å²) < 4.78 is 17.1. The Morgan fingerprint density at radius 1 is 0.956 bits per heavy atom. The molecule has 0 saturated carbocycles. The molecule has 1 aliphatic heterocycles. The minimum atomic E-state index is -1.46. The van der Waals surface area contributed by atoms with Crippen LogP contribution in [-0.4, -0.2) is 50.9 Å². The third-order valence-corrected chi connectivity index (χ3v) is 8.23. The number of carbonyl (C=O) groups excluding carboxylic acids is 1. The molecule has 0 saturated heterocycles. The van der Waals surface area contributed by atoms with Gasteiger partial charge in [0.25, 0.3) is 5.91 Å². The lowest BCUT2D eigenvalue weighted by Gasteiger charge is -2.36. The lowest BCUT2D eigenvalue weighted by Crippen LogP contribution is -2.46. The van der Waals surface area contributed by atoms with Crippen molar-refractivity contribution >= 4 is 39.8 Å². The summed E-state index contributed by atoms with van der Waals surface area (Å²) in [6.07, 6.45) is 2.34. The van der Waals surface area contributed by atoms with E-state index in [0.717, 1.165) is 27.4 Å². The van der Waals surface area contributed by atoms with Crippen LogP contribution in [0.5, 0.6) is 11.5 Å². The molecule has 4 aromatic carbocycles. The number of allylic oxidation sites excluding steroid dienone is 1. The highest BCUT2D eigenvalue weighted by Crippen LogP contribution is 2.38. The topological polar surface area (TPSA) is 122 Å². The fourth-order valence-corrected chi connectivity index (χ4v) is 5.78. The van der Waals surface area contributed by atoms with Gasteiger partial charge >= 0.3 is 5.97 Å². The van der Waals surface area contributed by atoms with Gasteiger partial charge in [-0.1, -0.05) is 60.7 Å². The van der Waals surface area contributed by atoms with E-state index in [2.05, 4.69) is 4.98 Å². The largest absolute Gasteiger partial charge is 0.481 e. The molecule has 3 unspecified atom stereocenters. The molecule has 5 aromatic rings. The highest BCUT2D eigenvalue weighted by atomic mass is 16.7. The van der Waals surface area contributed by atoms with E-state index < -0.39 is 24.0 Å². The summed E-state index contributed by atoms with van der Waals surface area (Å²) in [6, 6.07) is 26.9. The molecular weight excluding hydrogens is 572 g/mol. The highest BCUT2D eigenvalue weighted by molar-refractivity contribution is 5.84. The van der Waals surface area contributed by atoms with Crippen LogP contribution in [0.3, 0.4) is 0 Å². The van der Waals surface area contributed by atoms with Crippen molar-refractivity contribution < 1.29 is 33.7 Å². The number of nitrogens with zero attached hydrogens (tertiary/aromatic N) is 2. The van der Waals surface area contributed by atoms with E-state index in [1.807, 2.05) is 104 Å². The minimum Gasteiger partial charge on any atom is -0.481 e. The van der Waals surface area contributed by atoms with Crippen molar-refractivity contribution in [2.24, 2.45) is 0 Å². The van der Waals surface area contributed by atoms with Gasteiger partial charge in [0.1, 0.15) is 11.6 Å². The maximum atomic E-state index is 13.9. The van der Waals surface area contributed by atoms with Crippen LogP contribution in [0.15, 0.2) is 95.4 Å². The lowest BCUT2D eigenvalue weighted by molar-refractivity contribution is -0.145. The van der Waals surface area contributed by atoms with Crippen molar-refractivity contribution in [3.8, 4) is 11.5 Å². The molecule has 2 heterocycles. The number of hydrogen-bond acceptors (Lipinski definition) is 7. The van der Waals surface area contributed by atoms with Crippen molar-refractivity contribution in [3.63, 3.8) is 0 Å². The summed E-state index contributed by atoms with van der Waals surface area (Å²) in [6.45, 7) is 2.31. The first-order valence-electron chi connectivity index (χ1n) is 15.0. The SMILES string of the molecule is CC(C(CC=Cc1nc2ccccc2o1)c1ccc2c(c1)OCO2)N(Cc1ccc2ccccc2c1)C(=O)C(O)CCC(=O)O. The average Bonchev–Trinajstić information content (AvgIpc) is 3.70. The Bertz CT molecular complexity index is 1830. The smallest absolute Gasteiger partial charge is 0.303 e. The predicted octanol–water partition coefficient (Wildman–Crippen LogP) is 6.54. The first-order chi connectivity index (χ1) is 21.9. The van der Waals surface area contributed by atoms with E-state index in [4.69, 9.17) is 13.9 Å². The van der Waals surface area contributed by atoms with Crippen LogP contribution in [0.4, 0.5) is 0 Å². The molecule has 0 fully saturated rings. The summed E-state index contributed by atoms with van der Waals surface area (Å²) in [5.74, 6) is -0.0799. The molecular formula is C36H34N2O7. The van der Waals surface area contributed by atoms with Crippen LogP contribution in [0, 0.1) is 0 Å². The summed E-state index contributed by atoms with van der Waals surface area (Å²) in [5, 5.41) is 22.2. The van der Waals surface area contributed by atoms with Gasteiger partial charge in [0, 0.05) is 24.9 Å². The van der Waals surface area contributed by atoms with Gasteiger partial charge in [-0.15, -0.1) is 0 Å². The van der Waals surface area contributed by atoms with Crippen molar-refractivity contribution in [1.29, 1.82) is 0 Å². The molecule has 2 N–H and O–H groups in total. The zero-order valence-electron chi connectivity index (χ0n) is 24.8. The summed E-state index contributed by atoms with van der Waals surface area (Å²) in [4.78, 5) is 31.3. The zero-order chi connectivity index (χ0) is 31.3. The monoisotopic (exact) mass is 606 g/mol. The predicted molar refractivity (Wildman–Crippen MR) is 170 cm³/mol. The Morgan fingerprint density at radius 3 is 2.56 bits per heavy atom. The second kappa shape index (κ2) is 13.2. The van der Waals surface area contributed by atoms with Crippen molar-refractivity contribution in [1.82, 2.24) is 9.88 Å². The van der Waals surface area contributed by atoms with Gasteiger partial charge in [-0.3, -0.25) is 9.59 Å². The normalized spacial score (nSPS) is 14.5. The number of ether oxygens (including phenoxy) is 2. The van der Waals surface area contributed by atoms with Gasteiger partial charge < -0.3 is 29.0 Å². The van der Waals surface area contributed by atoms with Gasteiger partial charge in [0.15, 0.2) is 17.1 Å². The molecule has 45 heavy (non-hydrogen) atoms. The number of rotatable bonds is 12. The number of aliphatic hydroxyl groups excluding tert-OH is 1. The van der Waals surface area contributed by atoms with Crippen LogP contribution in [0.2, 0.25) is 0 Å². The molecule has 0 aliphatic carbocycles. The number of benzene rings is 4. The molecule has 6 rings (SSSR count). The number of carbonyl (C=O) groups is 2. The molecule has 1 amide bonds. The van der Waals surface area contributed by atoms with Crippen LogP contribution in [-0.2, 0) is 16.1 Å². The van der Waals surface area contributed by atoms with E-state index in [9.17, 15) is 19.8 Å². The second-order valence-corrected chi connectivity index (χ2v) is 11.2. The average molecular weight is 607 g/mol. The van der Waals surface area contributed by atoms with Gasteiger partial charge in [-0.2, -0.15) is 0 Å². The Balaban J connectivity index is 1.34. The zero-order valence-corrected chi connectivity index (χ0v) is 24.8. The summed E-state index contributed by atoms with van der Waals surface area (Å²) in [5.41, 5.74) is 3.27. The van der Waals surface area contributed by atoms with E-state index in [0.29, 0.717) is 29.4 Å². The number of carboxylic acid groups (broad SMARTS) is 1. The summed E-state index contributed by atoms with van der Waals surface area (Å²) >= 11 is 0. The number of fused-ring (bicyclic) bond motifs is 3. The molecule has 230 valence electrons. The van der Waals surface area contributed by atoms with Gasteiger partial charge in [0.2, 0.25) is 12.7 Å². The fourth-order valence-electron chi connectivity index (χ4n) is 5.78. The number of amides is 1. The third kappa shape index (κ3) is 6.84. The lowest BCUT2D eigenvalue weighted by atomic mass is 9.87. The first-order valence-corrected chi connectivity index (χ1v) is 15.0. The first kappa shape index (κ1) is 29.9. The van der Waals surface area contributed by atoms with E-state index in [-0.39, 0.29) is 32.1 Å². The standard InChI is InChI=1S/C36H34N2O7/c1-23(38(36(42)30(39)16-18-35(40)41)21-24-13-14-25-7-2-3-8-26(25)19-24)28(27-15-17-32-33(20-27)44-22-43-32)9-6-12-34-37-29-10-4-5-11-31(29)45-34/h2-8,10-15,17,19-20,23,28,30,39H,9,16,18,21-22H2,1H3,(H,40,41). The number of hydrogen-bond donors (Lipinski definition) is 2. The molecule has 3 atom stereocenters. The van der Waals surface area contributed by atoms with Crippen molar-refractivity contribution in [2.45, 2.75) is 50.8 Å². The Kier molecular flexibility index (Phi) is 8.79. The van der Waals surface area contributed by atoms with Gasteiger partial charge in [-0.05, 0) is 78.1 Å². The van der Waals surface area contributed by atoms with Crippen molar-refractivity contribution in [3.05, 3.63) is 108 Å². The Morgan fingerprint density at radius 2 is 1.73 bits per heavy atom. The quantitative estimate of drug-likeness (QED) is 0.164. The number of carboxylic acids is 1. The van der Waals surface area contributed by atoms with Crippen molar-refractivity contribution in [2.75, 3.05) is 6.79 Å². The number of oxazole rings is 1. The molecule has 9 heteroatoms. The van der Waals surface area contributed by atoms with E-state index in [1.165, 1.54) is 0 Å². The maximum Gasteiger partial charge on any atom is 0.303 e.